The molecule has 2 aromatic rings. The molecule has 0 aliphatic carbocycles. The van der Waals surface area contributed by atoms with Crippen LogP contribution in [0.25, 0.3) is 10.9 Å². The highest BCUT2D eigenvalue weighted by Crippen LogP contribution is 2.28. The van der Waals surface area contributed by atoms with E-state index in [4.69, 9.17) is 4.74 Å². The van der Waals surface area contributed by atoms with E-state index in [1.807, 2.05) is 56.1 Å². The van der Waals surface area contributed by atoms with Gasteiger partial charge in [0, 0.05) is 36.6 Å². The number of benzene rings is 1. The summed E-state index contributed by atoms with van der Waals surface area (Å²) in [5.74, 6) is -0.0688. The van der Waals surface area contributed by atoms with Crippen molar-refractivity contribution in [1.29, 1.82) is 0 Å². The largest absolute Gasteiger partial charge is 0.444 e. The van der Waals surface area contributed by atoms with Gasteiger partial charge < -0.3 is 19.9 Å². The van der Waals surface area contributed by atoms with Crippen molar-refractivity contribution in [2.75, 3.05) is 13.1 Å². The number of H-pyrrole nitrogens is 1. The average molecular weight is 484 g/mol. The van der Waals surface area contributed by atoms with E-state index in [0.29, 0.717) is 25.9 Å². The zero-order valence-electron chi connectivity index (χ0n) is 22.4. The van der Waals surface area contributed by atoms with Gasteiger partial charge in [-0.2, -0.15) is 0 Å². The molecule has 35 heavy (non-hydrogen) atoms. The van der Waals surface area contributed by atoms with Crippen molar-refractivity contribution in [2.45, 2.75) is 97.1 Å². The number of aromatic nitrogens is 1. The van der Waals surface area contributed by atoms with Gasteiger partial charge in [-0.05, 0) is 51.7 Å². The molecule has 0 unspecified atom stereocenters. The number of nitrogens with zero attached hydrogens (tertiary/aromatic N) is 1. The lowest BCUT2D eigenvalue weighted by molar-refractivity contribution is -0.138. The number of amides is 2. The molecular weight excluding hydrogens is 438 g/mol. The quantitative estimate of drug-likeness (QED) is 0.230. The van der Waals surface area contributed by atoms with Crippen molar-refractivity contribution in [3.05, 3.63) is 48.7 Å². The minimum absolute atomic E-state index is 0.0688. The van der Waals surface area contributed by atoms with E-state index >= 15 is 0 Å². The molecule has 1 aromatic heterocycles. The zero-order chi connectivity index (χ0) is 25.9. The van der Waals surface area contributed by atoms with Gasteiger partial charge in [0.1, 0.15) is 11.1 Å². The number of unbranched alkanes of at least 4 members (excludes halogenated alkanes) is 4. The first-order valence-electron chi connectivity index (χ1n) is 13.1. The Balaban J connectivity index is 2.48. The van der Waals surface area contributed by atoms with E-state index in [9.17, 15) is 9.59 Å². The Morgan fingerprint density at radius 1 is 1.06 bits per heavy atom. The van der Waals surface area contributed by atoms with Gasteiger partial charge >= 0.3 is 6.09 Å². The van der Waals surface area contributed by atoms with Gasteiger partial charge in [-0.25, -0.2) is 4.79 Å². The molecule has 0 saturated heterocycles. The van der Waals surface area contributed by atoms with Crippen LogP contribution in [-0.2, 0) is 16.0 Å². The van der Waals surface area contributed by atoms with Crippen LogP contribution >= 0.6 is 0 Å². The van der Waals surface area contributed by atoms with Gasteiger partial charge in [-0.1, -0.05) is 63.8 Å². The topological polar surface area (TPSA) is 74.4 Å². The second-order valence-corrected chi connectivity index (χ2v) is 10.4. The number of aromatic amines is 1. The summed E-state index contributed by atoms with van der Waals surface area (Å²) in [5, 5.41) is 4.06. The normalized spacial score (nSPS) is 13.3. The summed E-state index contributed by atoms with van der Waals surface area (Å²) in [4.78, 5) is 32.6. The Labute approximate surface area is 211 Å². The van der Waals surface area contributed by atoms with Crippen LogP contribution in [0.1, 0.15) is 85.1 Å². The van der Waals surface area contributed by atoms with Crippen LogP contribution in [0.5, 0.6) is 0 Å². The predicted molar refractivity (Wildman–Crippen MR) is 145 cm³/mol. The van der Waals surface area contributed by atoms with Gasteiger partial charge in [-0.3, -0.25) is 4.79 Å². The summed E-state index contributed by atoms with van der Waals surface area (Å²) >= 11 is 0. The van der Waals surface area contributed by atoms with E-state index < -0.39 is 17.2 Å². The molecule has 0 bridgehead atoms. The predicted octanol–water partition coefficient (Wildman–Crippen LogP) is 6.76. The van der Waals surface area contributed by atoms with Crippen LogP contribution in [0.2, 0.25) is 0 Å². The van der Waals surface area contributed by atoms with E-state index in [1.54, 1.807) is 6.08 Å². The monoisotopic (exact) mass is 483 g/mol. The van der Waals surface area contributed by atoms with Crippen molar-refractivity contribution in [3.63, 3.8) is 0 Å². The van der Waals surface area contributed by atoms with Crippen molar-refractivity contribution >= 4 is 22.9 Å². The van der Waals surface area contributed by atoms with Gasteiger partial charge in [0.15, 0.2) is 0 Å². The number of para-hydroxylation sites is 1. The lowest BCUT2D eigenvalue weighted by Gasteiger charge is -2.38. The minimum atomic E-state index is -1.19. The Morgan fingerprint density at radius 2 is 1.69 bits per heavy atom. The maximum absolute atomic E-state index is 14.3. The summed E-state index contributed by atoms with van der Waals surface area (Å²) in [6.07, 6.45) is 9.90. The molecule has 0 spiro atoms. The minimum Gasteiger partial charge on any atom is -0.444 e. The number of hydrogen-bond acceptors (Lipinski definition) is 3. The summed E-state index contributed by atoms with van der Waals surface area (Å²) in [7, 11) is 0. The lowest BCUT2D eigenvalue weighted by Crippen LogP contribution is -2.61. The third-order valence-electron chi connectivity index (χ3n) is 6.16. The number of carbonyl (C=O) groups is 2. The molecule has 0 aliphatic rings. The maximum Gasteiger partial charge on any atom is 0.408 e. The van der Waals surface area contributed by atoms with Gasteiger partial charge in [-0.15, -0.1) is 6.58 Å². The fourth-order valence-electron chi connectivity index (χ4n) is 4.46. The first kappa shape index (κ1) is 28.5. The van der Waals surface area contributed by atoms with Crippen molar-refractivity contribution in [1.82, 2.24) is 15.2 Å². The van der Waals surface area contributed by atoms with E-state index in [2.05, 4.69) is 30.7 Å². The molecule has 2 amide bonds. The van der Waals surface area contributed by atoms with Crippen LogP contribution in [0.4, 0.5) is 4.79 Å². The molecule has 2 N–H and O–H groups in total. The summed E-state index contributed by atoms with van der Waals surface area (Å²) < 4.78 is 5.61. The highest BCUT2D eigenvalue weighted by atomic mass is 16.6. The second-order valence-electron chi connectivity index (χ2n) is 10.4. The van der Waals surface area contributed by atoms with Gasteiger partial charge in [0.2, 0.25) is 5.91 Å². The highest BCUT2D eigenvalue weighted by molar-refractivity contribution is 5.92. The lowest BCUT2D eigenvalue weighted by atomic mass is 9.85. The number of fused-ring (bicyclic) bond motifs is 1. The third kappa shape index (κ3) is 8.44. The smallest absolute Gasteiger partial charge is 0.408 e. The zero-order valence-corrected chi connectivity index (χ0v) is 22.4. The number of nitrogens with one attached hydrogen (secondary N) is 2. The first-order chi connectivity index (χ1) is 16.7. The van der Waals surface area contributed by atoms with Gasteiger partial charge in [0.25, 0.3) is 0 Å². The third-order valence-corrected chi connectivity index (χ3v) is 6.16. The van der Waals surface area contributed by atoms with Crippen LogP contribution < -0.4 is 5.32 Å². The standard InChI is InChI=1S/C29H45N3O3/c1-7-10-14-19-32(20-15-11-8-2)26(33)29(18-9-3,31-27(34)35-28(4,5)6)21-23-22-30-25-17-13-12-16-24(23)25/h9,12-13,16-17,22,30H,3,7-8,10-11,14-15,18-21H2,1-2,4-6H3,(H,31,34)/t29-/m0/s1. The fourth-order valence-corrected chi connectivity index (χ4v) is 4.46. The molecule has 6 nitrogen and oxygen atoms in total. The van der Waals surface area contributed by atoms with E-state index in [1.165, 1.54) is 0 Å². The Hall–Kier alpha value is -2.76. The number of ether oxygens (including phenoxy) is 1. The molecule has 6 heteroatoms. The first-order valence-corrected chi connectivity index (χ1v) is 13.1. The molecule has 2 rings (SSSR count). The molecule has 1 aromatic carbocycles. The molecule has 1 heterocycles. The molecule has 0 aliphatic heterocycles. The summed E-state index contributed by atoms with van der Waals surface area (Å²) in [5.41, 5.74) is 0.125. The van der Waals surface area contributed by atoms with Crippen molar-refractivity contribution in [2.24, 2.45) is 0 Å². The summed E-state index contributed by atoms with van der Waals surface area (Å²) in [6.45, 7) is 15.1. The summed E-state index contributed by atoms with van der Waals surface area (Å²) in [6, 6.07) is 8.02. The van der Waals surface area contributed by atoms with E-state index in [-0.39, 0.29) is 5.91 Å². The Morgan fingerprint density at radius 3 is 2.26 bits per heavy atom. The van der Waals surface area contributed by atoms with Crippen molar-refractivity contribution < 1.29 is 14.3 Å². The van der Waals surface area contributed by atoms with Crippen LogP contribution in [0.3, 0.4) is 0 Å². The number of rotatable bonds is 14. The molecule has 1 atom stereocenters. The van der Waals surface area contributed by atoms with Crippen molar-refractivity contribution in [3.8, 4) is 0 Å². The van der Waals surface area contributed by atoms with Gasteiger partial charge in [0.05, 0.1) is 0 Å². The number of hydrogen-bond donors (Lipinski definition) is 2. The molecule has 0 fully saturated rings. The SMILES string of the molecule is C=CC[C@@](Cc1c[nH]c2ccccc12)(NC(=O)OC(C)(C)C)C(=O)N(CCCCC)CCCCC. The molecule has 194 valence electrons. The highest BCUT2D eigenvalue weighted by Gasteiger charge is 2.43. The molecule has 0 saturated carbocycles. The Kier molecular flexibility index (Phi) is 10.9. The maximum atomic E-state index is 14.3. The molecule has 0 radical (unpaired) electrons. The fraction of sp³-hybridized carbons (Fsp3) is 0.586. The average Bonchev–Trinajstić information content (AvgIpc) is 3.19. The van der Waals surface area contributed by atoms with E-state index in [0.717, 1.165) is 55.0 Å². The van der Waals surface area contributed by atoms with Crippen LogP contribution in [0.15, 0.2) is 43.1 Å². The second kappa shape index (κ2) is 13.4. The van der Waals surface area contributed by atoms with Crippen LogP contribution in [0, 0.1) is 0 Å². The molecular formula is C29H45N3O3. The number of carbonyl (C=O) groups excluding carboxylic acids is 2. The Bertz CT molecular complexity index is 949. The van der Waals surface area contributed by atoms with Crippen LogP contribution in [-0.4, -0.2) is 46.1 Å². The number of alkyl carbamates (subject to hydrolysis) is 1.